The molecule has 1 aromatic rings. The van der Waals surface area contributed by atoms with Gasteiger partial charge in [0.2, 0.25) is 0 Å². The van der Waals surface area contributed by atoms with E-state index in [0.29, 0.717) is 0 Å². The van der Waals surface area contributed by atoms with Crippen molar-refractivity contribution in [2.24, 2.45) is 0 Å². The summed E-state index contributed by atoms with van der Waals surface area (Å²) in [5.41, 5.74) is 2.42. The Labute approximate surface area is 109 Å². The third kappa shape index (κ3) is 3.03. The van der Waals surface area contributed by atoms with Gasteiger partial charge in [0.1, 0.15) is 0 Å². The van der Waals surface area contributed by atoms with Crippen molar-refractivity contribution in [3.05, 3.63) is 35.4 Å². The molecule has 3 nitrogen and oxygen atoms in total. The first-order valence-electron chi connectivity index (χ1n) is 6.79. The van der Waals surface area contributed by atoms with Crippen molar-refractivity contribution in [3.63, 3.8) is 0 Å². The summed E-state index contributed by atoms with van der Waals surface area (Å²) in [6.45, 7) is 5.92. The first-order chi connectivity index (χ1) is 8.68. The lowest BCUT2D eigenvalue weighted by Gasteiger charge is -2.28. The van der Waals surface area contributed by atoms with Gasteiger partial charge in [-0.05, 0) is 44.2 Å². The second kappa shape index (κ2) is 5.89. The van der Waals surface area contributed by atoms with Crippen LogP contribution in [-0.4, -0.2) is 24.0 Å². The van der Waals surface area contributed by atoms with Crippen LogP contribution in [0.5, 0.6) is 0 Å². The van der Waals surface area contributed by atoms with Gasteiger partial charge in [-0.3, -0.25) is 0 Å². The fraction of sp³-hybridized carbons (Fsp3) is 0.533. The van der Waals surface area contributed by atoms with E-state index in [9.17, 15) is 4.79 Å². The number of nitrogens with zero attached hydrogens (tertiary/aromatic N) is 1. The summed E-state index contributed by atoms with van der Waals surface area (Å²) in [6.07, 6.45) is 3.51. The maximum Gasteiger partial charge on any atom is 0.317 e. The molecule has 1 N–H and O–H groups in total. The van der Waals surface area contributed by atoms with E-state index in [1.54, 1.807) is 0 Å². The molecule has 1 fully saturated rings. The second-order valence-corrected chi connectivity index (χ2v) is 5.08. The summed E-state index contributed by atoms with van der Waals surface area (Å²) in [5.74, 6) is 0. The highest BCUT2D eigenvalue weighted by Gasteiger charge is 2.18. The Bertz CT molecular complexity index is 411. The Hall–Kier alpha value is -1.51. The Morgan fingerprint density at radius 3 is 2.56 bits per heavy atom. The van der Waals surface area contributed by atoms with Crippen LogP contribution in [0.3, 0.4) is 0 Å². The van der Waals surface area contributed by atoms with E-state index >= 15 is 0 Å². The Kier molecular flexibility index (Phi) is 4.24. The smallest absolute Gasteiger partial charge is 0.317 e. The van der Waals surface area contributed by atoms with E-state index in [1.807, 2.05) is 24.0 Å². The number of amides is 2. The molecule has 3 heteroatoms. The molecular weight excluding hydrogens is 224 g/mol. The van der Waals surface area contributed by atoms with Crippen molar-refractivity contribution in [2.75, 3.05) is 13.1 Å². The molecule has 2 amide bonds. The minimum absolute atomic E-state index is 0.0700. The number of likely N-dealkylation sites (tertiary alicyclic amines) is 1. The van der Waals surface area contributed by atoms with Crippen molar-refractivity contribution in [2.45, 2.75) is 39.2 Å². The molecule has 1 unspecified atom stereocenters. The summed E-state index contributed by atoms with van der Waals surface area (Å²) >= 11 is 0. The van der Waals surface area contributed by atoms with E-state index in [-0.39, 0.29) is 12.1 Å². The van der Waals surface area contributed by atoms with Crippen molar-refractivity contribution >= 4 is 6.03 Å². The summed E-state index contributed by atoms with van der Waals surface area (Å²) in [5, 5.41) is 3.09. The topological polar surface area (TPSA) is 32.3 Å². The molecular formula is C15H22N2O. The number of carbonyl (C=O) groups excluding carboxylic acids is 1. The van der Waals surface area contributed by atoms with E-state index in [4.69, 9.17) is 0 Å². The number of rotatable bonds is 2. The molecule has 0 saturated carbocycles. The van der Waals surface area contributed by atoms with Crippen LogP contribution in [0.1, 0.15) is 43.4 Å². The molecule has 0 aliphatic carbocycles. The molecule has 0 spiro atoms. The molecule has 0 aromatic heterocycles. The number of hydrogen-bond donors (Lipinski definition) is 1. The van der Waals surface area contributed by atoms with Gasteiger partial charge in [0, 0.05) is 13.1 Å². The number of piperidine rings is 1. The van der Waals surface area contributed by atoms with E-state index in [0.717, 1.165) is 25.9 Å². The highest BCUT2D eigenvalue weighted by Crippen LogP contribution is 2.17. The Morgan fingerprint density at radius 2 is 1.89 bits per heavy atom. The highest BCUT2D eigenvalue weighted by molar-refractivity contribution is 5.74. The molecule has 1 aliphatic rings. The van der Waals surface area contributed by atoms with Crippen LogP contribution < -0.4 is 5.32 Å². The fourth-order valence-electron chi connectivity index (χ4n) is 2.52. The van der Waals surface area contributed by atoms with Crippen LogP contribution in [0.2, 0.25) is 0 Å². The molecule has 1 atom stereocenters. The molecule has 0 bridgehead atoms. The number of hydrogen-bond acceptors (Lipinski definition) is 1. The molecule has 1 aliphatic heterocycles. The third-order valence-electron chi connectivity index (χ3n) is 3.64. The zero-order valence-corrected chi connectivity index (χ0v) is 11.3. The maximum atomic E-state index is 12.1. The maximum absolute atomic E-state index is 12.1. The molecule has 2 rings (SSSR count). The van der Waals surface area contributed by atoms with Crippen LogP contribution in [0.15, 0.2) is 24.3 Å². The SMILES string of the molecule is Cc1ccccc1C(C)NC(=O)N1CCCCC1. The van der Waals surface area contributed by atoms with Crippen LogP contribution in [0, 0.1) is 6.92 Å². The van der Waals surface area contributed by atoms with Gasteiger partial charge in [-0.25, -0.2) is 4.79 Å². The lowest BCUT2D eigenvalue weighted by atomic mass is 10.0. The largest absolute Gasteiger partial charge is 0.331 e. The number of nitrogens with one attached hydrogen (secondary N) is 1. The summed E-state index contributed by atoms with van der Waals surface area (Å²) in [6, 6.07) is 8.35. The first-order valence-corrected chi connectivity index (χ1v) is 6.79. The summed E-state index contributed by atoms with van der Waals surface area (Å²) < 4.78 is 0. The normalized spacial score (nSPS) is 17.3. The number of urea groups is 1. The molecule has 98 valence electrons. The zero-order chi connectivity index (χ0) is 13.0. The molecule has 1 aromatic carbocycles. The van der Waals surface area contributed by atoms with Crippen LogP contribution in [0.4, 0.5) is 4.79 Å². The quantitative estimate of drug-likeness (QED) is 0.853. The van der Waals surface area contributed by atoms with Gasteiger partial charge in [-0.1, -0.05) is 24.3 Å². The highest BCUT2D eigenvalue weighted by atomic mass is 16.2. The lowest BCUT2D eigenvalue weighted by molar-refractivity contribution is 0.183. The minimum atomic E-state index is 0.0700. The monoisotopic (exact) mass is 246 g/mol. The minimum Gasteiger partial charge on any atom is -0.331 e. The van der Waals surface area contributed by atoms with Crippen molar-refractivity contribution in [1.82, 2.24) is 10.2 Å². The van der Waals surface area contributed by atoms with Crippen LogP contribution in [-0.2, 0) is 0 Å². The van der Waals surface area contributed by atoms with Crippen molar-refractivity contribution < 1.29 is 4.79 Å². The van der Waals surface area contributed by atoms with E-state index < -0.39 is 0 Å². The van der Waals surface area contributed by atoms with Crippen LogP contribution in [0.25, 0.3) is 0 Å². The first kappa shape index (κ1) is 12.9. The summed E-state index contributed by atoms with van der Waals surface area (Å²) in [4.78, 5) is 14.0. The standard InChI is InChI=1S/C15H22N2O/c1-12-8-4-5-9-14(12)13(2)16-15(18)17-10-6-3-7-11-17/h4-5,8-9,13H,3,6-7,10-11H2,1-2H3,(H,16,18). The Balaban J connectivity index is 1.96. The summed E-state index contributed by atoms with van der Waals surface area (Å²) in [7, 11) is 0. The van der Waals surface area contributed by atoms with Crippen molar-refractivity contribution in [3.8, 4) is 0 Å². The second-order valence-electron chi connectivity index (χ2n) is 5.08. The van der Waals surface area contributed by atoms with Gasteiger partial charge in [0.25, 0.3) is 0 Å². The molecule has 18 heavy (non-hydrogen) atoms. The zero-order valence-electron chi connectivity index (χ0n) is 11.3. The Morgan fingerprint density at radius 1 is 1.22 bits per heavy atom. The van der Waals surface area contributed by atoms with Gasteiger partial charge in [0.05, 0.1) is 6.04 Å². The number of carbonyl (C=O) groups is 1. The third-order valence-corrected chi connectivity index (χ3v) is 3.64. The average molecular weight is 246 g/mol. The van der Waals surface area contributed by atoms with Gasteiger partial charge >= 0.3 is 6.03 Å². The molecule has 0 radical (unpaired) electrons. The van der Waals surface area contributed by atoms with Gasteiger partial charge in [0.15, 0.2) is 0 Å². The predicted octanol–water partition coefficient (Wildman–Crippen LogP) is 3.25. The lowest BCUT2D eigenvalue weighted by Crippen LogP contribution is -2.43. The molecule has 1 heterocycles. The van der Waals surface area contributed by atoms with Gasteiger partial charge in [-0.2, -0.15) is 0 Å². The van der Waals surface area contributed by atoms with Gasteiger partial charge in [-0.15, -0.1) is 0 Å². The fourth-order valence-corrected chi connectivity index (χ4v) is 2.52. The number of aryl methyl sites for hydroxylation is 1. The number of benzene rings is 1. The molecule has 1 saturated heterocycles. The van der Waals surface area contributed by atoms with E-state index in [1.165, 1.54) is 17.5 Å². The van der Waals surface area contributed by atoms with Gasteiger partial charge < -0.3 is 10.2 Å². The van der Waals surface area contributed by atoms with Crippen molar-refractivity contribution in [1.29, 1.82) is 0 Å². The predicted molar refractivity (Wildman–Crippen MR) is 73.5 cm³/mol. The van der Waals surface area contributed by atoms with Crippen LogP contribution >= 0.6 is 0 Å². The average Bonchev–Trinajstić information content (AvgIpc) is 2.40. The van der Waals surface area contributed by atoms with E-state index in [2.05, 4.69) is 24.4 Å².